The summed E-state index contributed by atoms with van der Waals surface area (Å²) < 4.78 is 16.0. The van der Waals surface area contributed by atoms with Crippen LogP contribution in [0.1, 0.15) is 18.0 Å². The standard InChI is InChI=1S/C32H31Cl2N5O2S/c33-28-10-9-24(21-29(28)34)42(41)39-30-8-4-3-6-26(30)25-5-1-2-7-27(25)31(39)22-32(40)36-15-16-37-17-19-38(20-18-37)23-11-13-35-14-12-23/h1-14,21,31H,15-20,22H2,(H,36,40). The molecule has 2 unspecified atom stereocenters. The third kappa shape index (κ3) is 6.09. The lowest BCUT2D eigenvalue weighted by molar-refractivity contribution is -0.121. The van der Waals surface area contributed by atoms with Crippen molar-refractivity contribution < 1.29 is 9.35 Å². The van der Waals surface area contributed by atoms with Crippen molar-refractivity contribution in [2.45, 2.75) is 17.4 Å². The first kappa shape index (κ1) is 28.8. The van der Waals surface area contributed by atoms with Crippen molar-refractivity contribution in [1.82, 2.24) is 15.2 Å². The van der Waals surface area contributed by atoms with Crippen molar-refractivity contribution in [2.75, 3.05) is 48.5 Å². The van der Waals surface area contributed by atoms with Crippen LogP contribution in [0.2, 0.25) is 10.0 Å². The highest BCUT2D eigenvalue weighted by Crippen LogP contribution is 2.48. The summed E-state index contributed by atoms with van der Waals surface area (Å²) in [5.74, 6) is -0.0826. The van der Waals surface area contributed by atoms with Crippen molar-refractivity contribution in [2.24, 2.45) is 0 Å². The quantitative estimate of drug-likeness (QED) is 0.245. The van der Waals surface area contributed by atoms with Gasteiger partial charge in [-0.15, -0.1) is 0 Å². The van der Waals surface area contributed by atoms with Crippen LogP contribution in [-0.2, 0) is 16.2 Å². The molecule has 0 spiro atoms. The minimum atomic E-state index is -1.64. The Morgan fingerprint density at radius 2 is 1.62 bits per heavy atom. The van der Waals surface area contributed by atoms with Crippen LogP contribution in [-0.4, -0.2) is 59.6 Å². The Morgan fingerprint density at radius 1 is 0.905 bits per heavy atom. The molecular weight excluding hydrogens is 589 g/mol. The summed E-state index contributed by atoms with van der Waals surface area (Å²) in [7, 11) is 0. The number of para-hydroxylation sites is 1. The monoisotopic (exact) mass is 619 g/mol. The molecule has 3 heterocycles. The summed E-state index contributed by atoms with van der Waals surface area (Å²) in [4.78, 5) is 22.8. The Kier molecular flexibility index (Phi) is 8.88. The van der Waals surface area contributed by atoms with Gasteiger partial charge in [0.05, 0.1) is 22.2 Å². The molecule has 0 bridgehead atoms. The van der Waals surface area contributed by atoms with Crippen LogP contribution in [0.25, 0.3) is 11.1 Å². The SMILES string of the molecule is O=C(CC1c2ccccc2-c2ccccc2N1[S+]([O-])c1ccc(Cl)c(Cl)c1)NCCN1CCN(c2ccncc2)CC1. The largest absolute Gasteiger partial charge is 0.588 e. The first-order chi connectivity index (χ1) is 20.5. The normalized spacial score (nSPS) is 17.4. The van der Waals surface area contributed by atoms with Gasteiger partial charge in [0.15, 0.2) is 4.90 Å². The van der Waals surface area contributed by atoms with Crippen molar-refractivity contribution in [1.29, 1.82) is 0 Å². The molecule has 6 rings (SSSR count). The van der Waals surface area contributed by atoms with Crippen LogP contribution >= 0.6 is 23.2 Å². The van der Waals surface area contributed by atoms with Gasteiger partial charge in [0, 0.05) is 69.0 Å². The van der Waals surface area contributed by atoms with Gasteiger partial charge >= 0.3 is 0 Å². The first-order valence-corrected chi connectivity index (χ1v) is 15.8. The van der Waals surface area contributed by atoms with Gasteiger partial charge in [-0.1, -0.05) is 65.7 Å². The summed E-state index contributed by atoms with van der Waals surface area (Å²) in [5.41, 5.74) is 4.98. The number of fused-ring (bicyclic) bond motifs is 3. The molecule has 3 aromatic carbocycles. The lowest BCUT2D eigenvalue weighted by Gasteiger charge is -2.38. The number of amides is 1. The number of pyridine rings is 1. The Hall–Kier alpha value is -3.27. The summed E-state index contributed by atoms with van der Waals surface area (Å²) in [5, 5.41) is 3.86. The number of benzene rings is 3. The Morgan fingerprint density at radius 3 is 2.38 bits per heavy atom. The number of carbonyl (C=O) groups is 1. The summed E-state index contributed by atoms with van der Waals surface area (Å²) in [6.07, 6.45) is 3.80. The lowest BCUT2D eigenvalue weighted by Crippen LogP contribution is -2.48. The zero-order chi connectivity index (χ0) is 29.1. The molecule has 1 fully saturated rings. The molecule has 0 saturated carbocycles. The fraction of sp³-hybridized carbons (Fsp3) is 0.250. The summed E-state index contributed by atoms with van der Waals surface area (Å²) in [6.45, 7) is 5.06. The first-order valence-electron chi connectivity index (χ1n) is 14.0. The van der Waals surface area contributed by atoms with Crippen LogP contribution in [0.15, 0.2) is 96.2 Å². The van der Waals surface area contributed by atoms with Crippen molar-refractivity contribution in [3.8, 4) is 11.1 Å². The number of rotatable bonds is 8. The van der Waals surface area contributed by atoms with Gasteiger partial charge < -0.3 is 14.8 Å². The molecule has 4 aromatic rings. The topological polar surface area (TPSA) is 74.8 Å². The molecule has 216 valence electrons. The maximum absolute atomic E-state index is 14.2. The number of aromatic nitrogens is 1. The van der Waals surface area contributed by atoms with Crippen LogP contribution < -0.4 is 14.5 Å². The predicted molar refractivity (Wildman–Crippen MR) is 170 cm³/mol. The van der Waals surface area contributed by atoms with E-state index in [1.807, 2.05) is 71.3 Å². The number of nitrogens with one attached hydrogen (secondary N) is 1. The highest BCUT2D eigenvalue weighted by atomic mass is 35.5. The number of hydrogen-bond donors (Lipinski definition) is 1. The molecule has 0 radical (unpaired) electrons. The van der Waals surface area contributed by atoms with Gasteiger partial charge in [0.2, 0.25) is 5.91 Å². The van der Waals surface area contributed by atoms with Crippen molar-refractivity contribution in [3.05, 3.63) is 107 Å². The smallest absolute Gasteiger partial charge is 0.222 e. The predicted octanol–water partition coefficient (Wildman–Crippen LogP) is 5.97. The lowest BCUT2D eigenvalue weighted by atomic mass is 9.88. The molecule has 1 aromatic heterocycles. The maximum Gasteiger partial charge on any atom is 0.222 e. The number of nitrogens with zero attached hydrogens (tertiary/aromatic N) is 4. The van der Waals surface area contributed by atoms with Crippen LogP contribution in [0.5, 0.6) is 0 Å². The van der Waals surface area contributed by atoms with E-state index in [2.05, 4.69) is 26.2 Å². The van der Waals surface area contributed by atoms with E-state index < -0.39 is 17.4 Å². The van der Waals surface area contributed by atoms with Crippen LogP contribution in [0.4, 0.5) is 11.4 Å². The Bertz CT molecular complexity index is 1550. The van der Waals surface area contributed by atoms with Crippen LogP contribution in [0, 0.1) is 0 Å². The molecule has 1 amide bonds. The fourth-order valence-electron chi connectivity index (χ4n) is 5.70. The third-order valence-corrected chi connectivity index (χ3v) is 10.0. The molecule has 1 N–H and O–H groups in total. The zero-order valence-corrected chi connectivity index (χ0v) is 25.3. The van der Waals surface area contributed by atoms with Crippen molar-refractivity contribution >= 4 is 51.8 Å². The number of anilines is 2. The second-order valence-corrected chi connectivity index (χ2v) is 12.5. The number of hydrogen-bond acceptors (Lipinski definition) is 6. The Labute approximate surface area is 259 Å². The average Bonchev–Trinajstić information content (AvgIpc) is 3.03. The molecule has 2 aliphatic heterocycles. The van der Waals surface area contributed by atoms with E-state index >= 15 is 0 Å². The minimum Gasteiger partial charge on any atom is -0.588 e. The highest BCUT2D eigenvalue weighted by molar-refractivity contribution is 7.92. The van der Waals surface area contributed by atoms with Gasteiger partial charge in [0.1, 0.15) is 17.4 Å². The van der Waals surface area contributed by atoms with Crippen LogP contribution in [0.3, 0.4) is 0 Å². The maximum atomic E-state index is 14.2. The van der Waals surface area contributed by atoms with E-state index in [0.29, 0.717) is 21.5 Å². The molecule has 42 heavy (non-hydrogen) atoms. The molecule has 10 heteroatoms. The second-order valence-electron chi connectivity index (χ2n) is 10.4. The number of halogens is 2. The molecule has 2 atom stereocenters. The van der Waals surface area contributed by atoms with Gasteiger partial charge in [-0.25, -0.2) is 0 Å². The molecule has 0 aliphatic carbocycles. The second kappa shape index (κ2) is 12.9. The van der Waals surface area contributed by atoms with E-state index in [0.717, 1.165) is 55.1 Å². The van der Waals surface area contributed by atoms with E-state index in [9.17, 15) is 9.35 Å². The van der Waals surface area contributed by atoms with Gasteiger partial charge in [0.25, 0.3) is 0 Å². The fourth-order valence-corrected chi connectivity index (χ4v) is 7.45. The molecule has 2 aliphatic rings. The van der Waals surface area contributed by atoms with Gasteiger partial charge in [-0.2, -0.15) is 4.31 Å². The average molecular weight is 621 g/mol. The summed E-state index contributed by atoms with van der Waals surface area (Å²) in [6, 6.07) is 24.6. The Balaban J connectivity index is 1.16. The van der Waals surface area contributed by atoms with E-state index in [1.165, 1.54) is 5.69 Å². The van der Waals surface area contributed by atoms with E-state index in [-0.39, 0.29) is 12.3 Å². The number of piperazine rings is 1. The zero-order valence-electron chi connectivity index (χ0n) is 23.0. The molecule has 1 saturated heterocycles. The highest BCUT2D eigenvalue weighted by Gasteiger charge is 2.40. The third-order valence-electron chi connectivity index (χ3n) is 7.83. The molecule has 7 nitrogen and oxygen atoms in total. The summed E-state index contributed by atoms with van der Waals surface area (Å²) >= 11 is 10.8. The number of carbonyl (C=O) groups excluding carboxylic acids is 1. The minimum absolute atomic E-state index is 0.0826. The van der Waals surface area contributed by atoms with Gasteiger partial charge in [-0.3, -0.25) is 14.7 Å². The molecular formula is C32H31Cl2N5O2S. The van der Waals surface area contributed by atoms with E-state index in [4.69, 9.17) is 23.2 Å². The van der Waals surface area contributed by atoms with E-state index in [1.54, 1.807) is 18.2 Å². The van der Waals surface area contributed by atoms with Crippen molar-refractivity contribution in [3.63, 3.8) is 0 Å². The van der Waals surface area contributed by atoms with Gasteiger partial charge in [-0.05, 0) is 41.5 Å².